The lowest BCUT2D eigenvalue weighted by molar-refractivity contribution is -0.384. The monoisotopic (exact) mass is 290 g/mol. The normalized spacial score (nSPS) is 11.9. The third kappa shape index (κ3) is 4.15. The predicted octanol–water partition coefficient (Wildman–Crippen LogP) is 1.58. The van der Waals surface area contributed by atoms with E-state index < -0.39 is 11.0 Å². The molecule has 2 rings (SSSR count). The Kier molecular flexibility index (Phi) is 4.68. The average molecular weight is 290 g/mol. The molecule has 1 heterocycles. The zero-order valence-electron chi connectivity index (χ0n) is 11.1. The lowest BCUT2D eigenvalue weighted by Crippen LogP contribution is -2.29. The Morgan fingerprint density at radius 2 is 2.19 bits per heavy atom. The number of amides is 1. The first-order chi connectivity index (χ1) is 10.1. The van der Waals surface area contributed by atoms with E-state index in [0.29, 0.717) is 11.3 Å². The number of nitrogens with zero attached hydrogens (tertiary/aromatic N) is 1. The minimum Gasteiger partial charge on any atom is -0.467 e. The van der Waals surface area contributed by atoms with Crippen molar-refractivity contribution in [2.24, 2.45) is 0 Å². The molecule has 7 heteroatoms. The first-order valence-electron chi connectivity index (χ1n) is 6.28. The molecule has 0 aliphatic rings. The second-order valence-electron chi connectivity index (χ2n) is 4.44. The van der Waals surface area contributed by atoms with Crippen LogP contribution in [0.25, 0.3) is 0 Å². The molecule has 1 aromatic carbocycles. The maximum atomic E-state index is 11.7. The van der Waals surface area contributed by atoms with Crippen LogP contribution in [0, 0.1) is 10.1 Å². The highest BCUT2D eigenvalue weighted by atomic mass is 16.6. The third-order valence-corrected chi connectivity index (χ3v) is 2.85. The van der Waals surface area contributed by atoms with Crippen molar-refractivity contribution in [2.75, 3.05) is 6.54 Å². The van der Waals surface area contributed by atoms with Gasteiger partial charge in [0.2, 0.25) is 5.91 Å². The van der Waals surface area contributed by atoms with Gasteiger partial charge in [-0.05, 0) is 17.7 Å². The molecule has 0 radical (unpaired) electrons. The van der Waals surface area contributed by atoms with Crippen LogP contribution in [0.5, 0.6) is 0 Å². The highest BCUT2D eigenvalue weighted by Gasteiger charge is 2.13. The molecule has 2 N–H and O–H groups in total. The Morgan fingerprint density at radius 1 is 1.38 bits per heavy atom. The van der Waals surface area contributed by atoms with E-state index in [-0.39, 0.29) is 24.6 Å². The minimum atomic E-state index is -0.922. The number of hydrogen-bond acceptors (Lipinski definition) is 5. The van der Waals surface area contributed by atoms with E-state index in [1.807, 2.05) is 0 Å². The lowest BCUT2D eigenvalue weighted by atomic mass is 10.1. The number of nitro benzene ring substituents is 1. The molecule has 0 fully saturated rings. The highest BCUT2D eigenvalue weighted by Crippen LogP contribution is 2.14. The number of non-ortho nitro benzene ring substituents is 1. The van der Waals surface area contributed by atoms with Gasteiger partial charge in [-0.2, -0.15) is 0 Å². The van der Waals surface area contributed by atoms with Gasteiger partial charge in [0.15, 0.2) is 0 Å². The largest absolute Gasteiger partial charge is 0.467 e. The molecule has 0 aliphatic heterocycles. The van der Waals surface area contributed by atoms with E-state index in [4.69, 9.17) is 4.42 Å². The molecule has 0 aliphatic carbocycles. The van der Waals surface area contributed by atoms with Crippen molar-refractivity contribution in [3.8, 4) is 0 Å². The van der Waals surface area contributed by atoms with Crippen molar-refractivity contribution >= 4 is 11.6 Å². The fourth-order valence-corrected chi connectivity index (χ4v) is 1.82. The maximum Gasteiger partial charge on any atom is 0.269 e. The van der Waals surface area contributed by atoms with Gasteiger partial charge in [0.25, 0.3) is 5.69 Å². The summed E-state index contributed by atoms with van der Waals surface area (Å²) in [5.41, 5.74) is 0.477. The summed E-state index contributed by atoms with van der Waals surface area (Å²) in [7, 11) is 0. The lowest BCUT2D eigenvalue weighted by Gasteiger charge is -2.09. The fraction of sp³-hybridized carbons (Fsp3) is 0.214. The van der Waals surface area contributed by atoms with Crippen LogP contribution in [0.3, 0.4) is 0 Å². The quantitative estimate of drug-likeness (QED) is 0.620. The van der Waals surface area contributed by atoms with Crippen LogP contribution in [-0.4, -0.2) is 22.5 Å². The van der Waals surface area contributed by atoms with Gasteiger partial charge in [0, 0.05) is 12.1 Å². The van der Waals surface area contributed by atoms with E-state index in [0.717, 1.165) is 0 Å². The molecule has 0 saturated carbocycles. The van der Waals surface area contributed by atoms with E-state index >= 15 is 0 Å². The van der Waals surface area contributed by atoms with Crippen LogP contribution < -0.4 is 5.32 Å². The Hall–Kier alpha value is -2.67. The Labute approximate surface area is 120 Å². The van der Waals surface area contributed by atoms with E-state index in [1.165, 1.54) is 24.5 Å². The minimum absolute atomic E-state index is 0.00650. The number of benzene rings is 1. The van der Waals surface area contributed by atoms with Crippen molar-refractivity contribution < 1.29 is 19.2 Å². The molecule has 0 spiro atoms. The molecule has 0 saturated heterocycles. The molecular weight excluding hydrogens is 276 g/mol. The molecule has 1 unspecified atom stereocenters. The second-order valence-corrected chi connectivity index (χ2v) is 4.44. The number of furan rings is 1. The van der Waals surface area contributed by atoms with Gasteiger partial charge < -0.3 is 14.8 Å². The van der Waals surface area contributed by atoms with Crippen LogP contribution in [0.2, 0.25) is 0 Å². The molecule has 1 amide bonds. The second kappa shape index (κ2) is 6.67. The van der Waals surface area contributed by atoms with Gasteiger partial charge >= 0.3 is 0 Å². The standard InChI is InChI=1S/C14H14N2O5/c17-12(13-5-2-6-21-13)9-15-14(18)8-10-3-1-4-11(7-10)16(19)20/h1-7,12,17H,8-9H2,(H,15,18). The van der Waals surface area contributed by atoms with Gasteiger partial charge in [-0.15, -0.1) is 0 Å². The van der Waals surface area contributed by atoms with Crippen LogP contribution in [-0.2, 0) is 11.2 Å². The molecule has 7 nitrogen and oxygen atoms in total. The Balaban J connectivity index is 1.87. The number of nitro groups is 1. The third-order valence-electron chi connectivity index (χ3n) is 2.85. The van der Waals surface area contributed by atoms with Crippen molar-refractivity contribution in [1.82, 2.24) is 5.32 Å². The summed E-state index contributed by atoms with van der Waals surface area (Å²) in [6, 6.07) is 9.12. The summed E-state index contributed by atoms with van der Waals surface area (Å²) in [6.45, 7) is 0.0152. The average Bonchev–Trinajstić information content (AvgIpc) is 2.99. The van der Waals surface area contributed by atoms with Crippen molar-refractivity contribution in [3.05, 3.63) is 64.1 Å². The van der Waals surface area contributed by atoms with Crippen molar-refractivity contribution in [2.45, 2.75) is 12.5 Å². The molecular formula is C14H14N2O5. The van der Waals surface area contributed by atoms with Crippen LogP contribution in [0.15, 0.2) is 47.1 Å². The summed E-state index contributed by atoms with van der Waals surface area (Å²) in [4.78, 5) is 21.9. The van der Waals surface area contributed by atoms with Gasteiger partial charge in [0.1, 0.15) is 11.9 Å². The van der Waals surface area contributed by atoms with Crippen LogP contribution in [0.4, 0.5) is 5.69 Å². The molecule has 0 bridgehead atoms. The number of rotatable bonds is 6. The molecule has 2 aromatic rings. The van der Waals surface area contributed by atoms with Gasteiger partial charge in [-0.3, -0.25) is 14.9 Å². The Morgan fingerprint density at radius 3 is 2.86 bits per heavy atom. The van der Waals surface area contributed by atoms with Crippen LogP contribution >= 0.6 is 0 Å². The smallest absolute Gasteiger partial charge is 0.269 e. The fourth-order valence-electron chi connectivity index (χ4n) is 1.82. The van der Waals surface area contributed by atoms with Gasteiger partial charge in [0.05, 0.1) is 24.2 Å². The molecule has 110 valence electrons. The summed E-state index contributed by atoms with van der Waals surface area (Å²) in [5, 5.41) is 22.9. The number of carbonyl (C=O) groups excluding carboxylic acids is 1. The van der Waals surface area contributed by atoms with E-state index in [9.17, 15) is 20.0 Å². The van der Waals surface area contributed by atoms with E-state index in [2.05, 4.69) is 5.32 Å². The number of aliphatic hydroxyl groups is 1. The van der Waals surface area contributed by atoms with Crippen molar-refractivity contribution in [1.29, 1.82) is 0 Å². The van der Waals surface area contributed by atoms with Gasteiger partial charge in [-0.25, -0.2) is 0 Å². The zero-order chi connectivity index (χ0) is 15.2. The van der Waals surface area contributed by atoms with Crippen molar-refractivity contribution in [3.63, 3.8) is 0 Å². The summed E-state index contributed by atoms with van der Waals surface area (Å²) >= 11 is 0. The summed E-state index contributed by atoms with van der Waals surface area (Å²) in [6.07, 6.45) is 0.518. The Bertz CT molecular complexity index is 624. The molecule has 1 atom stereocenters. The van der Waals surface area contributed by atoms with E-state index in [1.54, 1.807) is 18.2 Å². The predicted molar refractivity (Wildman–Crippen MR) is 73.5 cm³/mol. The number of nitrogens with one attached hydrogen (secondary N) is 1. The number of aliphatic hydroxyl groups excluding tert-OH is 1. The first-order valence-corrected chi connectivity index (χ1v) is 6.28. The maximum absolute atomic E-state index is 11.7. The number of carbonyl (C=O) groups is 1. The number of hydrogen-bond donors (Lipinski definition) is 2. The molecule has 21 heavy (non-hydrogen) atoms. The SMILES string of the molecule is O=C(Cc1cccc([N+](=O)[O-])c1)NCC(O)c1ccco1. The highest BCUT2D eigenvalue weighted by molar-refractivity contribution is 5.78. The topological polar surface area (TPSA) is 106 Å². The summed E-state index contributed by atoms with van der Waals surface area (Å²) in [5.74, 6) is 0.0340. The summed E-state index contributed by atoms with van der Waals surface area (Å²) < 4.78 is 5.01. The van der Waals surface area contributed by atoms with Gasteiger partial charge in [-0.1, -0.05) is 12.1 Å². The van der Waals surface area contributed by atoms with Crippen LogP contribution in [0.1, 0.15) is 17.4 Å². The zero-order valence-corrected chi connectivity index (χ0v) is 11.1. The molecule has 1 aromatic heterocycles. The first kappa shape index (κ1) is 14.7.